The third kappa shape index (κ3) is 3.73. The van der Waals surface area contributed by atoms with Gasteiger partial charge < -0.3 is 4.74 Å². The number of hydrogen-bond donors (Lipinski definition) is 0. The smallest absolute Gasteiger partial charge is 0.302 e. The van der Waals surface area contributed by atoms with Gasteiger partial charge in [-0.05, 0) is 86.2 Å². The lowest BCUT2D eigenvalue weighted by Crippen LogP contribution is -2.51. The molecule has 0 N–H and O–H groups in total. The zero-order valence-electron chi connectivity index (χ0n) is 20.9. The minimum atomic E-state index is -1.18. The van der Waals surface area contributed by atoms with E-state index in [9.17, 15) is 13.8 Å². The van der Waals surface area contributed by atoms with Gasteiger partial charge in [-0.1, -0.05) is 43.7 Å². The SMILES string of the molecule is CC(=O)O[C@H]1CC[C@@]2(C)C(=CC[C@H]3[C@@H]4C[C@@H](S(=O)c5ccccc5)[C@H](C(C)=O)[C@@]4(C)CC[C@@H]32)C1. The average Bonchev–Trinajstić information content (AvgIpc) is 3.12. The second kappa shape index (κ2) is 8.72. The van der Waals surface area contributed by atoms with Crippen LogP contribution in [0.4, 0.5) is 0 Å². The van der Waals surface area contributed by atoms with Crippen molar-refractivity contribution in [2.45, 2.75) is 88.9 Å². The number of carbonyl (C=O) groups is 2. The highest BCUT2D eigenvalue weighted by molar-refractivity contribution is 7.85. The summed E-state index contributed by atoms with van der Waals surface area (Å²) in [4.78, 5) is 25.4. The molecule has 3 fully saturated rings. The van der Waals surface area contributed by atoms with E-state index in [0.717, 1.165) is 49.8 Å². The molecule has 5 rings (SSSR count). The third-order valence-electron chi connectivity index (χ3n) is 10.1. The number of carbonyl (C=O) groups excluding carboxylic acids is 2. The Balaban J connectivity index is 1.45. The van der Waals surface area contributed by atoms with Crippen LogP contribution < -0.4 is 0 Å². The molecule has 5 heteroatoms. The van der Waals surface area contributed by atoms with Gasteiger partial charge in [0.25, 0.3) is 0 Å². The molecule has 0 aliphatic heterocycles. The van der Waals surface area contributed by atoms with E-state index in [1.807, 2.05) is 30.3 Å². The molecule has 0 heterocycles. The zero-order chi connectivity index (χ0) is 24.3. The highest BCUT2D eigenvalue weighted by atomic mass is 32.2. The second-order valence-corrected chi connectivity index (χ2v) is 13.4. The minimum Gasteiger partial charge on any atom is -0.462 e. The average molecular weight is 483 g/mol. The molecule has 0 bridgehead atoms. The number of ketones is 1. The number of ether oxygens (including phenoxy) is 1. The van der Waals surface area contributed by atoms with E-state index < -0.39 is 10.8 Å². The van der Waals surface area contributed by atoms with Crippen molar-refractivity contribution in [3.8, 4) is 0 Å². The number of Topliss-reactive ketones (excluding diaryl/α,β-unsaturated/α-hetero) is 1. The Labute approximate surface area is 206 Å². The van der Waals surface area contributed by atoms with Crippen LogP contribution in [-0.2, 0) is 25.1 Å². The van der Waals surface area contributed by atoms with Gasteiger partial charge in [0, 0.05) is 29.4 Å². The molecule has 4 aliphatic rings. The summed E-state index contributed by atoms with van der Waals surface area (Å²) in [7, 11) is -1.18. The lowest BCUT2D eigenvalue weighted by Gasteiger charge is -2.58. The Morgan fingerprint density at radius 2 is 1.76 bits per heavy atom. The molecule has 0 radical (unpaired) electrons. The molecule has 9 atom stereocenters. The molecular weight excluding hydrogens is 444 g/mol. The van der Waals surface area contributed by atoms with Gasteiger partial charge in [0.1, 0.15) is 11.9 Å². The molecule has 1 unspecified atom stereocenters. The first-order valence-corrected chi connectivity index (χ1v) is 14.2. The van der Waals surface area contributed by atoms with Gasteiger partial charge in [0.15, 0.2) is 0 Å². The van der Waals surface area contributed by atoms with E-state index in [4.69, 9.17) is 4.74 Å². The Bertz CT molecular complexity index is 1030. The summed E-state index contributed by atoms with van der Waals surface area (Å²) in [6.45, 7) is 7.97. The van der Waals surface area contributed by atoms with Crippen LogP contribution in [0.2, 0.25) is 0 Å². The number of benzene rings is 1. The van der Waals surface area contributed by atoms with E-state index in [1.165, 1.54) is 12.5 Å². The van der Waals surface area contributed by atoms with Gasteiger partial charge in [-0.15, -0.1) is 0 Å². The van der Waals surface area contributed by atoms with Crippen LogP contribution in [0.3, 0.4) is 0 Å². The fraction of sp³-hybridized carbons (Fsp3) is 0.655. The molecule has 1 aromatic carbocycles. The quantitative estimate of drug-likeness (QED) is 0.398. The summed E-state index contributed by atoms with van der Waals surface area (Å²) >= 11 is 0. The molecule has 3 saturated carbocycles. The second-order valence-electron chi connectivity index (χ2n) is 11.8. The maximum atomic E-state index is 13.7. The molecule has 0 saturated heterocycles. The zero-order valence-corrected chi connectivity index (χ0v) is 21.7. The van der Waals surface area contributed by atoms with Gasteiger partial charge in [-0.2, -0.15) is 0 Å². The van der Waals surface area contributed by atoms with Crippen molar-refractivity contribution in [1.29, 1.82) is 0 Å². The van der Waals surface area contributed by atoms with Gasteiger partial charge in [0.2, 0.25) is 0 Å². The van der Waals surface area contributed by atoms with E-state index >= 15 is 0 Å². The molecule has 0 spiro atoms. The maximum absolute atomic E-state index is 13.7. The van der Waals surface area contributed by atoms with E-state index in [1.54, 1.807) is 6.92 Å². The van der Waals surface area contributed by atoms with Crippen molar-refractivity contribution < 1.29 is 18.5 Å². The van der Waals surface area contributed by atoms with Gasteiger partial charge >= 0.3 is 5.97 Å². The maximum Gasteiger partial charge on any atom is 0.302 e. The standard InChI is InChI=1S/C29H38O4S/c1-18(30)27-26(34(32)22-8-6-5-7-9-22)17-25-23-11-10-20-16-21(33-19(2)31)12-14-28(20,3)24(23)13-15-29(25,27)4/h5-10,21,23-27H,11-17H2,1-4H3/t21-,23+,24-,25-,26+,27-,28-,29-,34?/m0/s1. The fourth-order valence-corrected chi connectivity index (χ4v) is 10.5. The Morgan fingerprint density at radius 1 is 1.03 bits per heavy atom. The molecule has 4 aliphatic carbocycles. The van der Waals surface area contributed by atoms with E-state index in [0.29, 0.717) is 17.8 Å². The van der Waals surface area contributed by atoms with Crippen LogP contribution in [0.5, 0.6) is 0 Å². The van der Waals surface area contributed by atoms with Crippen molar-refractivity contribution in [2.75, 3.05) is 0 Å². The first kappa shape index (κ1) is 24.0. The van der Waals surface area contributed by atoms with Crippen molar-refractivity contribution in [3.05, 3.63) is 42.0 Å². The molecule has 184 valence electrons. The van der Waals surface area contributed by atoms with Crippen LogP contribution in [0.15, 0.2) is 46.9 Å². The Morgan fingerprint density at radius 3 is 2.44 bits per heavy atom. The first-order valence-electron chi connectivity index (χ1n) is 13.0. The van der Waals surface area contributed by atoms with Crippen LogP contribution in [0, 0.1) is 34.5 Å². The number of esters is 1. The summed E-state index contributed by atoms with van der Waals surface area (Å²) in [5.41, 5.74) is 1.53. The van der Waals surface area contributed by atoms with Crippen molar-refractivity contribution in [3.63, 3.8) is 0 Å². The topological polar surface area (TPSA) is 60.4 Å². The molecule has 0 amide bonds. The van der Waals surface area contributed by atoms with Gasteiger partial charge in [-0.3, -0.25) is 13.8 Å². The summed E-state index contributed by atoms with van der Waals surface area (Å²) in [6.07, 6.45) is 9.33. The number of rotatable bonds is 4. The fourth-order valence-electron chi connectivity index (χ4n) is 8.62. The van der Waals surface area contributed by atoms with Crippen LogP contribution >= 0.6 is 0 Å². The predicted octanol–water partition coefficient (Wildman–Crippen LogP) is 5.87. The van der Waals surface area contributed by atoms with Crippen molar-refractivity contribution in [2.24, 2.45) is 34.5 Å². The monoisotopic (exact) mass is 482 g/mol. The Kier molecular flexibility index (Phi) is 6.15. The van der Waals surface area contributed by atoms with Crippen LogP contribution in [0.25, 0.3) is 0 Å². The molecule has 4 nitrogen and oxygen atoms in total. The summed E-state index contributed by atoms with van der Waals surface area (Å²) < 4.78 is 19.3. The molecule has 0 aromatic heterocycles. The van der Waals surface area contributed by atoms with Crippen LogP contribution in [0.1, 0.15) is 72.6 Å². The summed E-state index contributed by atoms with van der Waals surface area (Å²) in [5, 5.41) is -0.105. The largest absolute Gasteiger partial charge is 0.462 e. The number of fused-ring (bicyclic) bond motifs is 5. The van der Waals surface area contributed by atoms with Crippen molar-refractivity contribution in [1.82, 2.24) is 0 Å². The predicted molar refractivity (Wildman–Crippen MR) is 133 cm³/mol. The van der Waals surface area contributed by atoms with Crippen molar-refractivity contribution >= 4 is 22.6 Å². The Hall–Kier alpha value is -1.75. The molecule has 1 aromatic rings. The highest BCUT2D eigenvalue weighted by Gasteiger charge is 2.63. The summed E-state index contributed by atoms with van der Waals surface area (Å²) in [6, 6.07) is 9.72. The first-order chi connectivity index (χ1) is 16.1. The van der Waals surface area contributed by atoms with Crippen LogP contribution in [-0.4, -0.2) is 27.3 Å². The third-order valence-corrected chi connectivity index (χ3v) is 11.8. The highest BCUT2D eigenvalue weighted by Crippen LogP contribution is 2.67. The van der Waals surface area contributed by atoms with Gasteiger partial charge in [-0.25, -0.2) is 0 Å². The molecule has 34 heavy (non-hydrogen) atoms. The van der Waals surface area contributed by atoms with Gasteiger partial charge in [0.05, 0.1) is 10.8 Å². The summed E-state index contributed by atoms with van der Waals surface area (Å²) in [5.74, 6) is 1.40. The minimum absolute atomic E-state index is 0.00785. The lowest BCUT2D eigenvalue weighted by atomic mass is 9.47. The van der Waals surface area contributed by atoms with E-state index in [-0.39, 0.29) is 39.9 Å². The lowest BCUT2D eigenvalue weighted by molar-refractivity contribution is -0.149. The normalized spacial score (nSPS) is 41.9. The number of allylic oxidation sites excluding steroid dienone is 1. The molecular formula is C29H38O4S. The van der Waals surface area contributed by atoms with E-state index in [2.05, 4.69) is 19.9 Å². The number of hydrogen-bond acceptors (Lipinski definition) is 4.